The van der Waals surface area contributed by atoms with Gasteiger partial charge in [-0.25, -0.2) is 0 Å². The molecule has 53 heavy (non-hydrogen) atoms. The molecule has 1 nitrogen and oxygen atoms in total. The van der Waals surface area contributed by atoms with Crippen molar-refractivity contribution in [1.29, 1.82) is 0 Å². The summed E-state index contributed by atoms with van der Waals surface area (Å²) in [5, 5.41) is 2.62. The van der Waals surface area contributed by atoms with Gasteiger partial charge in [0, 0.05) is 12.4 Å². The van der Waals surface area contributed by atoms with Crippen molar-refractivity contribution in [2.24, 2.45) is 10.8 Å². The molecule has 0 fully saturated rings. The second-order valence-corrected chi connectivity index (χ2v) is 18.2. The molecule has 0 saturated heterocycles. The molecule has 0 N–H and O–H groups in total. The highest BCUT2D eigenvalue weighted by atomic mass is 14.6. The molecule has 1 heteroatoms. The fourth-order valence-corrected chi connectivity index (χ4v) is 4.18. The molecule has 0 atom stereocenters. The van der Waals surface area contributed by atoms with Crippen molar-refractivity contribution >= 4 is 10.8 Å². The zero-order chi connectivity index (χ0) is 39.3. The van der Waals surface area contributed by atoms with E-state index in [1.54, 1.807) is 12.4 Å². The number of nitrogens with zero attached hydrogens (tertiary/aromatic N) is 1. The van der Waals surface area contributed by atoms with E-state index in [-0.39, 0.29) is 12.8 Å². The Bertz CT molecular complexity index is 1610. The molecule has 0 aliphatic carbocycles. The molecule has 0 radical (unpaired) electrons. The molecule has 0 saturated carbocycles. The van der Waals surface area contributed by atoms with Crippen molar-refractivity contribution in [2.45, 2.75) is 115 Å². The Morgan fingerprint density at radius 2 is 0.566 bits per heavy atom. The lowest BCUT2D eigenvalue weighted by atomic mass is 9.86. The van der Waals surface area contributed by atoms with Crippen LogP contribution in [0.4, 0.5) is 0 Å². The average molecular weight is 712 g/mol. The predicted molar refractivity (Wildman–Crippen MR) is 241 cm³/mol. The minimum absolute atomic E-state index is 0. The molecule has 0 amide bonds. The Labute approximate surface area is 327 Å². The van der Waals surface area contributed by atoms with Crippen molar-refractivity contribution < 1.29 is 0 Å². The van der Waals surface area contributed by atoms with E-state index >= 15 is 0 Å². The molecule has 286 valence electrons. The number of aromatic nitrogens is 1. The van der Waals surface area contributed by atoms with Crippen molar-refractivity contribution in [3.05, 3.63) is 175 Å². The van der Waals surface area contributed by atoms with E-state index in [1.807, 2.05) is 24.3 Å². The Balaban J connectivity index is 0.000000646. The summed E-state index contributed by atoms with van der Waals surface area (Å²) in [4.78, 5) is 3.78. The number of pyridine rings is 1. The number of benzene rings is 5. The third-order valence-electron chi connectivity index (χ3n) is 6.72. The van der Waals surface area contributed by atoms with Crippen LogP contribution in [-0.2, 0) is 10.8 Å². The summed E-state index contributed by atoms with van der Waals surface area (Å²) in [5.74, 6) is 0. The van der Waals surface area contributed by atoms with Gasteiger partial charge < -0.3 is 0 Å². The van der Waals surface area contributed by atoms with Gasteiger partial charge in [0.1, 0.15) is 0 Å². The van der Waals surface area contributed by atoms with E-state index in [0.717, 1.165) is 0 Å². The van der Waals surface area contributed by atoms with Gasteiger partial charge in [0.05, 0.1) is 0 Å². The molecule has 6 aromatic rings. The lowest BCUT2D eigenvalue weighted by Crippen LogP contribution is -2.10. The summed E-state index contributed by atoms with van der Waals surface area (Å²) in [6, 6.07) is 52.3. The number of fused-ring (bicyclic) bond motifs is 1. The van der Waals surface area contributed by atoms with Crippen LogP contribution in [0.25, 0.3) is 21.9 Å². The van der Waals surface area contributed by atoms with Crippen LogP contribution in [-0.4, -0.2) is 4.98 Å². The van der Waals surface area contributed by atoms with Crippen molar-refractivity contribution in [3.8, 4) is 11.1 Å². The van der Waals surface area contributed by atoms with Crippen LogP contribution in [0.1, 0.15) is 115 Å². The van der Waals surface area contributed by atoms with E-state index in [1.165, 1.54) is 33.0 Å². The van der Waals surface area contributed by atoms with Crippen LogP contribution >= 0.6 is 0 Å². The van der Waals surface area contributed by atoms with Gasteiger partial charge in [-0.2, -0.15) is 0 Å². The topological polar surface area (TPSA) is 12.9 Å². The van der Waals surface area contributed by atoms with Gasteiger partial charge in [-0.1, -0.05) is 244 Å². The Hall–Kier alpha value is -4.49. The molecule has 0 spiro atoms. The van der Waals surface area contributed by atoms with Crippen LogP contribution in [0.2, 0.25) is 0 Å². The van der Waals surface area contributed by atoms with E-state index < -0.39 is 0 Å². The summed E-state index contributed by atoms with van der Waals surface area (Å²) in [6.45, 7) is 30.9. The van der Waals surface area contributed by atoms with Gasteiger partial charge in [-0.05, 0) is 66.8 Å². The second kappa shape index (κ2) is 23.9. The fraction of sp³-hybridized carbons (Fsp3) is 0.365. The Morgan fingerprint density at radius 3 is 0.830 bits per heavy atom. The Morgan fingerprint density at radius 1 is 0.302 bits per heavy atom. The number of rotatable bonds is 1. The summed E-state index contributed by atoms with van der Waals surface area (Å²) in [5.41, 5.74) is 6.87. The number of hydrogen-bond acceptors (Lipinski definition) is 1. The third-order valence-corrected chi connectivity index (χ3v) is 6.72. The van der Waals surface area contributed by atoms with Crippen molar-refractivity contribution in [1.82, 2.24) is 4.98 Å². The molecule has 1 aromatic heterocycles. The van der Waals surface area contributed by atoms with Gasteiger partial charge in [0.15, 0.2) is 0 Å². The molecule has 5 aromatic carbocycles. The van der Waals surface area contributed by atoms with Gasteiger partial charge in [0.25, 0.3) is 0 Å². The lowest BCUT2D eigenvalue weighted by Gasteiger charge is -2.19. The van der Waals surface area contributed by atoms with Crippen molar-refractivity contribution in [2.75, 3.05) is 0 Å². The zero-order valence-corrected chi connectivity index (χ0v) is 35.0. The highest BCUT2D eigenvalue weighted by molar-refractivity contribution is 5.82. The van der Waals surface area contributed by atoms with Gasteiger partial charge in [-0.3, -0.25) is 4.98 Å². The average Bonchev–Trinajstić information content (AvgIpc) is 3.09. The van der Waals surface area contributed by atoms with Crippen LogP contribution in [0, 0.1) is 10.8 Å². The highest BCUT2D eigenvalue weighted by Crippen LogP contribution is 2.26. The quantitative estimate of drug-likeness (QED) is 0.165. The Kier molecular flexibility index (Phi) is 21.9. The molecular weight excluding hydrogens is 639 g/mol. The van der Waals surface area contributed by atoms with E-state index in [2.05, 4.69) is 229 Å². The highest BCUT2D eigenvalue weighted by Gasteiger charge is 2.13. The molecular formula is C52H73N. The monoisotopic (exact) mass is 712 g/mol. The smallest absolute Gasteiger partial charge is 0.0267 e. The van der Waals surface area contributed by atoms with Crippen molar-refractivity contribution in [3.63, 3.8) is 0 Å². The maximum absolute atomic E-state index is 3.78. The largest absolute Gasteiger partial charge is 0.265 e. The SMILES string of the molecule is C.CC(C)(C)C.CC(C)(C)C.CC(C)(C)c1ccc(-c2ccccc2)cc1.CC(C)(C)c1ccccc1.c1ccc2ccccc2c1.c1ccncc1. The van der Waals surface area contributed by atoms with Crippen LogP contribution in [0.15, 0.2) is 164 Å². The minimum atomic E-state index is 0. The van der Waals surface area contributed by atoms with E-state index in [0.29, 0.717) is 16.2 Å². The first-order valence-electron chi connectivity index (χ1n) is 18.6. The first kappa shape index (κ1) is 48.5. The van der Waals surface area contributed by atoms with Gasteiger partial charge in [-0.15, -0.1) is 0 Å². The standard InChI is InChI=1S/C16H18.C10H8.C10H14.C5H5N.2C5H12.CH4/c1-16(2,3)15-11-9-14(10-12-15)13-7-5-4-6-8-13;1-2-6-10-8-4-3-7-9(10)5-1;1-10(2,3)9-7-5-4-6-8-9;1-2-4-6-5-3-1;2*1-5(2,3)4;/h4-12H,1-3H3;1-8H;4-8H,1-3H3;1-5H;2*1-4H3;1H4. The predicted octanol–water partition coefficient (Wildman–Crippen LogP) is 16.3. The second-order valence-electron chi connectivity index (χ2n) is 18.2. The minimum Gasteiger partial charge on any atom is -0.265 e. The van der Waals surface area contributed by atoms with E-state index in [4.69, 9.17) is 0 Å². The molecule has 6 rings (SSSR count). The van der Waals surface area contributed by atoms with Crippen LogP contribution in [0.5, 0.6) is 0 Å². The maximum atomic E-state index is 3.78. The first-order valence-corrected chi connectivity index (χ1v) is 18.6. The van der Waals surface area contributed by atoms with Crippen LogP contribution < -0.4 is 0 Å². The molecule has 0 aliphatic rings. The van der Waals surface area contributed by atoms with Gasteiger partial charge >= 0.3 is 0 Å². The van der Waals surface area contributed by atoms with Gasteiger partial charge in [0.2, 0.25) is 0 Å². The summed E-state index contributed by atoms with van der Waals surface area (Å²) in [7, 11) is 0. The summed E-state index contributed by atoms with van der Waals surface area (Å²) < 4.78 is 0. The molecule has 0 bridgehead atoms. The summed E-state index contributed by atoms with van der Waals surface area (Å²) >= 11 is 0. The summed E-state index contributed by atoms with van der Waals surface area (Å²) in [6.07, 6.45) is 3.50. The normalized spacial score (nSPS) is 10.7. The fourth-order valence-electron chi connectivity index (χ4n) is 4.18. The molecule has 0 aliphatic heterocycles. The first-order chi connectivity index (χ1) is 24.1. The molecule has 1 heterocycles. The molecule has 0 unspecified atom stereocenters. The number of hydrogen-bond donors (Lipinski definition) is 0. The zero-order valence-electron chi connectivity index (χ0n) is 35.0. The van der Waals surface area contributed by atoms with Crippen LogP contribution in [0.3, 0.4) is 0 Å². The maximum Gasteiger partial charge on any atom is 0.0267 e. The van der Waals surface area contributed by atoms with E-state index in [9.17, 15) is 0 Å². The third kappa shape index (κ3) is 26.0. The lowest BCUT2D eigenvalue weighted by molar-refractivity contribution is 0.469.